The third kappa shape index (κ3) is 2.66. The van der Waals surface area contributed by atoms with Crippen molar-refractivity contribution in [2.24, 2.45) is 5.92 Å². The van der Waals surface area contributed by atoms with E-state index < -0.39 is 10.0 Å². The summed E-state index contributed by atoms with van der Waals surface area (Å²) in [5.41, 5.74) is 0. The van der Waals surface area contributed by atoms with E-state index >= 15 is 0 Å². The largest absolute Gasteiger partial charge is 0.216 e. The second-order valence-electron chi connectivity index (χ2n) is 4.59. The van der Waals surface area contributed by atoms with Crippen molar-refractivity contribution in [3.05, 3.63) is 0 Å². The van der Waals surface area contributed by atoms with Gasteiger partial charge in [-0.05, 0) is 38.0 Å². The summed E-state index contributed by atoms with van der Waals surface area (Å²) in [5, 5.41) is -0.0627. The summed E-state index contributed by atoms with van der Waals surface area (Å²) >= 11 is 5.70. The third-order valence-corrected chi connectivity index (χ3v) is 5.89. The van der Waals surface area contributed by atoms with Gasteiger partial charge in [-0.25, -0.2) is 12.7 Å². The summed E-state index contributed by atoms with van der Waals surface area (Å²) in [6.45, 7) is 1.42. The Kier molecular flexibility index (Phi) is 3.58. The number of alkyl halides is 1. The number of hydrogen-bond acceptors (Lipinski definition) is 2. The molecule has 1 aliphatic carbocycles. The van der Waals surface area contributed by atoms with E-state index in [1.54, 1.807) is 4.31 Å². The summed E-state index contributed by atoms with van der Waals surface area (Å²) in [7, 11) is -2.95. The molecular formula is C10H18ClNO2S. The lowest BCUT2D eigenvalue weighted by Crippen LogP contribution is -2.41. The molecule has 0 bridgehead atoms. The Balaban J connectivity index is 1.97. The zero-order valence-electron chi connectivity index (χ0n) is 8.86. The van der Waals surface area contributed by atoms with Gasteiger partial charge in [0.05, 0.1) is 5.25 Å². The summed E-state index contributed by atoms with van der Waals surface area (Å²) in [5.74, 6) is 1.12. The average molecular weight is 252 g/mol. The maximum Gasteiger partial charge on any atom is 0.216 e. The maximum atomic E-state index is 12.0. The van der Waals surface area contributed by atoms with Crippen LogP contribution in [0.5, 0.6) is 0 Å². The zero-order valence-corrected chi connectivity index (χ0v) is 10.4. The number of sulfonamides is 1. The fraction of sp³-hybridized carbons (Fsp3) is 1.00. The number of halogens is 1. The Morgan fingerprint density at radius 1 is 1.27 bits per heavy atom. The van der Waals surface area contributed by atoms with E-state index in [-0.39, 0.29) is 5.25 Å². The highest BCUT2D eigenvalue weighted by molar-refractivity contribution is 7.90. The highest BCUT2D eigenvalue weighted by Gasteiger charge is 2.41. The van der Waals surface area contributed by atoms with Gasteiger partial charge in [0.25, 0.3) is 0 Å². The van der Waals surface area contributed by atoms with Crippen LogP contribution < -0.4 is 0 Å². The quantitative estimate of drug-likeness (QED) is 0.715. The van der Waals surface area contributed by atoms with Crippen molar-refractivity contribution >= 4 is 21.6 Å². The van der Waals surface area contributed by atoms with Crippen molar-refractivity contribution in [1.82, 2.24) is 4.31 Å². The molecule has 2 aliphatic rings. The highest BCUT2D eigenvalue weighted by atomic mass is 35.5. The molecule has 0 N–H and O–H groups in total. The zero-order chi connectivity index (χ0) is 10.9. The minimum Gasteiger partial charge on any atom is -0.212 e. The number of hydrogen-bond donors (Lipinski definition) is 0. The van der Waals surface area contributed by atoms with Crippen LogP contribution in [0.15, 0.2) is 0 Å². The minimum atomic E-state index is -2.95. The van der Waals surface area contributed by atoms with E-state index in [4.69, 9.17) is 11.6 Å². The lowest BCUT2D eigenvalue weighted by molar-refractivity contribution is 0.262. The standard InChI is InChI=1S/C10H18ClNO2S/c11-6-5-9-2-1-7-12(8-9)15(13,14)10-3-4-10/h9-10H,1-8H2. The van der Waals surface area contributed by atoms with Crippen LogP contribution in [0.25, 0.3) is 0 Å². The highest BCUT2D eigenvalue weighted by Crippen LogP contribution is 2.33. The molecule has 2 rings (SSSR count). The number of piperidine rings is 1. The molecule has 5 heteroatoms. The second kappa shape index (κ2) is 4.60. The van der Waals surface area contributed by atoms with E-state index in [0.717, 1.165) is 38.6 Å². The molecule has 0 aromatic carbocycles. The molecule has 3 nitrogen and oxygen atoms in total. The predicted molar refractivity (Wildman–Crippen MR) is 61.6 cm³/mol. The lowest BCUT2D eigenvalue weighted by Gasteiger charge is -2.31. The normalized spacial score (nSPS) is 29.3. The van der Waals surface area contributed by atoms with Crippen LogP contribution in [-0.4, -0.2) is 36.9 Å². The molecule has 1 atom stereocenters. The molecule has 0 radical (unpaired) electrons. The van der Waals surface area contributed by atoms with E-state index in [1.807, 2.05) is 0 Å². The molecule has 1 unspecified atom stereocenters. The van der Waals surface area contributed by atoms with Crippen LogP contribution >= 0.6 is 11.6 Å². The fourth-order valence-electron chi connectivity index (χ4n) is 2.22. The Bertz CT molecular complexity index is 311. The van der Waals surface area contributed by atoms with Gasteiger partial charge in [-0.1, -0.05) is 0 Å². The number of nitrogens with zero attached hydrogens (tertiary/aromatic N) is 1. The first-order chi connectivity index (χ1) is 7.14. The van der Waals surface area contributed by atoms with Gasteiger partial charge in [-0.3, -0.25) is 0 Å². The third-order valence-electron chi connectivity index (χ3n) is 3.30. The predicted octanol–water partition coefficient (Wildman–Crippen LogP) is 1.82. The van der Waals surface area contributed by atoms with Crippen molar-refractivity contribution in [2.45, 2.75) is 37.4 Å². The van der Waals surface area contributed by atoms with Gasteiger partial charge in [0, 0.05) is 19.0 Å². The molecule has 0 spiro atoms. The van der Waals surface area contributed by atoms with Crippen molar-refractivity contribution in [3.8, 4) is 0 Å². The van der Waals surface area contributed by atoms with Gasteiger partial charge >= 0.3 is 0 Å². The molecule has 1 heterocycles. The Morgan fingerprint density at radius 3 is 2.60 bits per heavy atom. The molecule has 0 amide bonds. The second-order valence-corrected chi connectivity index (χ2v) is 7.18. The first-order valence-electron chi connectivity index (χ1n) is 5.69. The van der Waals surface area contributed by atoms with E-state index in [1.165, 1.54) is 0 Å². The molecule has 1 aliphatic heterocycles. The average Bonchev–Trinajstić information content (AvgIpc) is 3.02. The van der Waals surface area contributed by atoms with Gasteiger partial charge in [-0.2, -0.15) is 0 Å². The van der Waals surface area contributed by atoms with Crippen LogP contribution in [0, 0.1) is 5.92 Å². The summed E-state index contributed by atoms with van der Waals surface area (Å²) in [6, 6.07) is 0. The minimum absolute atomic E-state index is 0.0627. The molecular weight excluding hydrogens is 234 g/mol. The van der Waals surface area contributed by atoms with E-state index in [0.29, 0.717) is 18.3 Å². The van der Waals surface area contributed by atoms with Crippen LogP contribution in [0.3, 0.4) is 0 Å². The number of rotatable bonds is 4. The molecule has 0 aromatic rings. The monoisotopic (exact) mass is 251 g/mol. The van der Waals surface area contributed by atoms with Gasteiger partial charge < -0.3 is 0 Å². The summed E-state index contributed by atoms with van der Waals surface area (Å²) in [6.07, 6.45) is 4.78. The van der Waals surface area contributed by atoms with Crippen molar-refractivity contribution in [3.63, 3.8) is 0 Å². The molecule has 2 fully saturated rings. The van der Waals surface area contributed by atoms with Crippen LogP contribution in [0.4, 0.5) is 0 Å². The van der Waals surface area contributed by atoms with Crippen LogP contribution in [-0.2, 0) is 10.0 Å². The fourth-order valence-corrected chi connectivity index (χ4v) is 4.49. The van der Waals surface area contributed by atoms with Gasteiger partial charge in [0.15, 0.2) is 0 Å². The molecule has 15 heavy (non-hydrogen) atoms. The Morgan fingerprint density at radius 2 is 2.00 bits per heavy atom. The van der Waals surface area contributed by atoms with E-state index in [2.05, 4.69) is 0 Å². The molecule has 88 valence electrons. The van der Waals surface area contributed by atoms with Crippen molar-refractivity contribution in [2.75, 3.05) is 19.0 Å². The molecule has 1 saturated heterocycles. The Hall–Kier alpha value is 0.200. The Labute approximate surface area is 96.8 Å². The summed E-state index contributed by atoms with van der Waals surface area (Å²) < 4.78 is 25.7. The maximum absolute atomic E-state index is 12.0. The molecule has 1 saturated carbocycles. The first kappa shape index (κ1) is 11.7. The topological polar surface area (TPSA) is 37.4 Å². The smallest absolute Gasteiger partial charge is 0.212 e. The summed E-state index contributed by atoms with van der Waals surface area (Å²) in [4.78, 5) is 0. The van der Waals surface area contributed by atoms with Crippen molar-refractivity contribution < 1.29 is 8.42 Å². The van der Waals surface area contributed by atoms with Gasteiger partial charge in [0.1, 0.15) is 0 Å². The van der Waals surface area contributed by atoms with Gasteiger partial charge in [0.2, 0.25) is 10.0 Å². The van der Waals surface area contributed by atoms with Crippen LogP contribution in [0.1, 0.15) is 32.1 Å². The lowest BCUT2D eigenvalue weighted by atomic mass is 9.97. The molecule has 0 aromatic heterocycles. The van der Waals surface area contributed by atoms with Crippen LogP contribution in [0.2, 0.25) is 0 Å². The first-order valence-corrected chi connectivity index (χ1v) is 7.73. The van der Waals surface area contributed by atoms with Crippen molar-refractivity contribution in [1.29, 1.82) is 0 Å². The van der Waals surface area contributed by atoms with Gasteiger partial charge in [-0.15, -0.1) is 11.6 Å². The SMILES string of the molecule is O=S(=O)(C1CC1)N1CCCC(CCCl)C1. The van der Waals surface area contributed by atoms with E-state index in [9.17, 15) is 8.42 Å².